The van der Waals surface area contributed by atoms with Gasteiger partial charge in [-0.15, -0.1) is 0 Å². The topological polar surface area (TPSA) is 56.0 Å². The van der Waals surface area contributed by atoms with Gasteiger partial charge in [0.2, 0.25) is 0 Å². The average Bonchev–Trinajstić information content (AvgIpc) is 2.29. The summed E-state index contributed by atoms with van der Waals surface area (Å²) in [6.07, 6.45) is 0.886. The normalized spacial score (nSPS) is 25.8. The van der Waals surface area contributed by atoms with Gasteiger partial charge < -0.3 is 10.4 Å². The van der Waals surface area contributed by atoms with E-state index in [4.69, 9.17) is 5.26 Å². The summed E-state index contributed by atoms with van der Waals surface area (Å²) >= 11 is 0. The summed E-state index contributed by atoms with van der Waals surface area (Å²) in [6, 6.07) is 9.56. The van der Waals surface area contributed by atoms with E-state index in [0.29, 0.717) is 0 Å². The van der Waals surface area contributed by atoms with Crippen molar-refractivity contribution in [1.82, 2.24) is 5.32 Å². The molecule has 0 aliphatic carbocycles. The Morgan fingerprint density at radius 3 is 3.07 bits per heavy atom. The lowest BCUT2D eigenvalue weighted by molar-refractivity contribution is 0.386. The maximum atomic E-state index is 9.40. The second kappa shape index (κ2) is 4.33. The number of benzene rings is 1. The van der Waals surface area contributed by atoms with E-state index < -0.39 is 0 Å². The molecule has 1 aromatic carbocycles. The second-order valence-corrected chi connectivity index (χ2v) is 3.93. The minimum atomic E-state index is 0.0630. The van der Waals surface area contributed by atoms with Crippen molar-refractivity contribution in [3.63, 3.8) is 0 Å². The van der Waals surface area contributed by atoms with Crippen molar-refractivity contribution < 1.29 is 5.11 Å². The van der Waals surface area contributed by atoms with Gasteiger partial charge in [-0.25, -0.2) is 0 Å². The molecule has 0 spiro atoms. The average molecular weight is 202 g/mol. The summed E-state index contributed by atoms with van der Waals surface area (Å²) in [5.74, 6) is 0.540. The van der Waals surface area contributed by atoms with E-state index >= 15 is 0 Å². The van der Waals surface area contributed by atoms with E-state index in [2.05, 4.69) is 11.4 Å². The quantitative estimate of drug-likeness (QED) is 0.727. The number of hydrogen-bond donors (Lipinski definition) is 2. The SMILES string of the molecule is N#CC1CCNCC1c1cccc(O)c1. The van der Waals surface area contributed by atoms with Crippen molar-refractivity contribution in [2.24, 2.45) is 5.92 Å². The van der Waals surface area contributed by atoms with E-state index in [9.17, 15) is 5.11 Å². The van der Waals surface area contributed by atoms with Crippen molar-refractivity contribution >= 4 is 0 Å². The number of phenols is 1. The minimum absolute atomic E-state index is 0.0630. The maximum Gasteiger partial charge on any atom is 0.115 e. The minimum Gasteiger partial charge on any atom is -0.508 e. The van der Waals surface area contributed by atoms with Crippen LogP contribution in [0.3, 0.4) is 0 Å². The molecule has 1 aliphatic heterocycles. The highest BCUT2D eigenvalue weighted by Crippen LogP contribution is 2.30. The van der Waals surface area contributed by atoms with Crippen LogP contribution in [0.15, 0.2) is 24.3 Å². The van der Waals surface area contributed by atoms with Crippen LogP contribution in [0.2, 0.25) is 0 Å². The molecule has 2 rings (SSSR count). The summed E-state index contributed by atoms with van der Waals surface area (Å²) in [5.41, 5.74) is 1.05. The number of nitrogens with zero attached hydrogens (tertiary/aromatic N) is 1. The van der Waals surface area contributed by atoms with E-state index in [-0.39, 0.29) is 17.6 Å². The fourth-order valence-corrected chi connectivity index (χ4v) is 2.12. The molecule has 0 bridgehead atoms. The Morgan fingerprint density at radius 1 is 1.47 bits per heavy atom. The van der Waals surface area contributed by atoms with E-state index in [1.54, 1.807) is 12.1 Å². The number of nitrogens with one attached hydrogen (secondary N) is 1. The highest BCUT2D eigenvalue weighted by Gasteiger charge is 2.26. The molecule has 78 valence electrons. The van der Waals surface area contributed by atoms with Gasteiger partial charge in [0.25, 0.3) is 0 Å². The molecule has 2 unspecified atom stereocenters. The molecule has 1 aromatic rings. The molecule has 1 fully saturated rings. The van der Waals surface area contributed by atoms with Crippen LogP contribution >= 0.6 is 0 Å². The molecule has 0 saturated carbocycles. The molecule has 1 saturated heterocycles. The predicted octanol–water partition coefficient (Wildman–Crippen LogP) is 1.61. The third-order valence-electron chi connectivity index (χ3n) is 2.95. The molecular formula is C12H14N2O. The van der Waals surface area contributed by atoms with Crippen LogP contribution in [0.25, 0.3) is 0 Å². The number of phenolic OH excluding ortho intramolecular Hbond substituents is 1. The van der Waals surface area contributed by atoms with Gasteiger partial charge in [0, 0.05) is 12.5 Å². The molecule has 15 heavy (non-hydrogen) atoms. The molecule has 3 nitrogen and oxygen atoms in total. The standard InChI is InChI=1S/C12H14N2O/c13-7-10-4-5-14-8-12(10)9-2-1-3-11(15)6-9/h1-3,6,10,12,14-15H,4-5,8H2. The van der Waals surface area contributed by atoms with Gasteiger partial charge in [-0.2, -0.15) is 5.26 Å². The van der Waals surface area contributed by atoms with Gasteiger partial charge in [0.1, 0.15) is 5.75 Å². The zero-order chi connectivity index (χ0) is 10.7. The number of nitriles is 1. The summed E-state index contributed by atoms with van der Waals surface area (Å²) < 4.78 is 0. The fraction of sp³-hybridized carbons (Fsp3) is 0.417. The van der Waals surface area contributed by atoms with Crippen LogP contribution in [0.5, 0.6) is 5.75 Å². The zero-order valence-corrected chi connectivity index (χ0v) is 8.48. The Balaban J connectivity index is 2.25. The highest BCUT2D eigenvalue weighted by atomic mass is 16.3. The lowest BCUT2D eigenvalue weighted by Crippen LogP contribution is -2.34. The fourth-order valence-electron chi connectivity index (χ4n) is 2.12. The Labute approximate surface area is 89.4 Å². The van der Waals surface area contributed by atoms with Crippen molar-refractivity contribution in [2.45, 2.75) is 12.3 Å². The monoisotopic (exact) mass is 202 g/mol. The largest absolute Gasteiger partial charge is 0.508 e. The van der Waals surface area contributed by atoms with Crippen LogP contribution in [0.4, 0.5) is 0 Å². The first-order valence-corrected chi connectivity index (χ1v) is 5.20. The van der Waals surface area contributed by atoms with Crippen LogP contribution in [-0.2, 0) is 0 Å². The molecule has 1 heterocycles. The van der Waals surface area contributed by atoms with Gasteiger partial charge in [-0.3, -0.25) is 0 Å². The van der Waals surface area contributed by atoms with Crippen LogP contribution < -0.4 is 5.32 Å². The van der Waals surface area contributed by atoms with E-state index in [1.165, 1.54) is 0 Å². The summed E-state index contributed by atoms with van der Waals surface area (Å²) in [4.78, 5) is 0. The third-order valence-corrected chi connectivity index (χ3v) is 2.95. The molecular weight excluding hydrogens is 188 g/mol. The third kappa shape index (κ3) is 2.11. The lowest BCUT2D eigenvalue weighted by atomic mass is 9.82. The Kier molecular flexibility index (Phi) is 2.89. The van der Waals surface area contributed by atoms with Crippen LogP contribution in [0.1, 0.15) is 17.9 Å². The van der Waals surface area contributed by atoms with Gasteiger partial charge >= 0.3 is 0 Å². The van der Waals surface area contributed by atoms with E-state index in [1.807, 2.05) is 12.1 Å². The molecule has 1 aliphatic rings. The van der Waals surface area contributed by atoms with Crippen molar-refractivity contribution in [3.05, 3.63) is 29.8 Å². The molecule has 2 N–H and O–H groups in total. The summed E-state index contributed by atoms with van der Waals surface area (Å²) in [7, 11) is 0. The van der Waals surface area contributed by atoms with Gasteiger partial charge in [0.15, 0.2) is 0 Å². The first-order valence-electron chi connectivity index (χ1n) is 5.20. The summed E-state index contributed by atoms with van der Waals surface area (Å²) in [6.45, 7) is 1.73. The van der Waals surface area contributed by atoms with Crippen LogP contribution in [0, 0.1) is 17.2 Å². The molecule has 0 aromatic heterocycles. The summed E-state index contributed by atoms with van der Waals surface area (Å²) in [5, 5.41) is 21.7. The maximum absolute atomic E-state index is 9.40. The van der Waals surface area contributed by atoms with Crippen molar-refractivity contribution in [2.75, 3.05) is 13.1 Å². The highest BCUT2D eigenvalue weighted by molar-refractivity contribution is 5.31. The van der Waals surface area contributed by atoms with E-state index in [0.717, 1.165) is 25.1 Å². The lowest BCUT2D eigenvalue weighted by Gasteiger charge is -2.27. The molecule has 0 amide bonds. The molecule has 2 atom stereocenters. The number of rotatable bonds is 1. The first-order chi connectivity index (χ1) is 7.31. The predicted molar refractivity (Wildman–Crippen MR) is 57.4 cm³/mol. The Bertz CT molecular complexity index is 383. The number of hydrogen-bond acceptors (Lipinski definition) is 3. The van der Waals surface area contributed by atoms with Crippen LogP contribution in [-0.4, -0.2) is 18.2 Å². The van der Waals surface area contributed by atoms with Crippen molar-refractivity contribution in [3.8, 4) is 11.8 Å². The molecule has 3 heteroatoms. The van der Waals surface area contributed by atoms with Gasteiger partial charge in [-0.1, -0.05) is 12.1 Å². The first kappa shape index (κ1) is 10.0. The van der Waals surface area contributed by atoms with Crippen molar-refractivity contribution in [1.29, 1.82) is 5.26 Å². The second-order valence-electron chi connectivity index (χ2n) is 3.93. The molecule has 0 radical (unpaired) electrons. The van der Waals surface area contributed by atoms with Gasteiger partial charge in [0.05, 0.1) is 12.0 Å². The Hall–Kier alpha value is -1.53. The van der Waals surface area contributed by atoms with Gasteiger partial charge in [-0.05, 0) is 30.7 Å². The zero-order valence-electron chi connectivity index (χ0n) is 8.48. The number of piperidine rings is 1. The smallest absolute Gasteiger partial charge is 0.115 e. The Morgan fingerprint density at radius 2 is 2.33 bits per heavy atom. The number of aromatic hydroxyl groups is 1.